The molecule has 1 heterocycles. The molecule has 29 heavy (non-hydrogen) atoms. The summed E-state index contributed by atoms with van der Waals surface area (Å²) in [6, 6.07) is 13.8. The Balaban J connectivity index is 0.00000300. The molecule has 0 aromatic heterocycles. The first kappa shape index (κ1) is 23.2. The van der Waals surface area contributed by atoms with Crippen molar-refractivity contribution in [2.75, 3.05) is 19.6 Å². The molecule has 0 unspecified atom stereocenters. The molecular formula is C23H32ClN3O2. The van der Waals surface area contributed by atoms with E-state index in [-0.39, 0.29) is 35.7 Å². The van der Waals surface area contributed by atoms with Gasteiger partial charge in [0.1, 0.15) is 0 Å². The predicted octanol–water partition coefficient (Wildman–Crippen LogP) is 3.75. The van der Waals surface area contributed by atoms with Crippen molar-refractivity contribution in [2.24, 2.45) is 11.7 Å². The number of hydrogen-bond donors (Lipinski definition) is 2. The van der Waals surface area contributed by atoms with Gasteiger partial charge in [-0.05, 0) is 42.5 Å². The first-order valence-corrected chi connectivity index (χ1v) is 10.3. The third kappa shape index (κ3) is 5.28. The Morgan fingerprint density at radius 3 is 2.34 bits per heavy atom. The van der Waals surface area contributed by atoms with E-state index in [0.717, 1.165) is 29.2 Å². The van der Waals surface area contributed by atoms with E-state index >= 15 is 0 Å². The largest absolute Gasteiger partial charge is 0.354 e. The minimum absolute atomic E-state index is 0. The van der Waals surface area contributed by atoms with Crippen molar-refractivity contribution in [2.45, 2.75) is 45.1 Å². The van der Waals surface area contributed by atoms with Crippen molar-refractivity contribution in [3.05, 3.63) is 48.0 Å². The lowest BCUT2D eigenvalue weighted by Gasteiger charge is -2.33. The fraction of sp³-hybridized carbons (Fsp3) is 0.478. The number of nitrogens with one attached hydrogen (secondary N) is 1. The maximum atomic E-state index is 13.0. The van der Waals surface area contributed by atoms with Crippen molar-refractivity contribution in [1.82, 2.24) is 10.2 Å². The van der Waals surface area contributed by atoms with Crippen molar-refractivity contribution in [3.63, 3.8) is 0 Å². The van der Waals surface area contributed by atoms with Crippen molar-refractivity contribution < 1.29 is 9.59 Å². The molecule has 0 atom stereocenters. The van der Waals surface area contributed by atoms with Crippen LogP contribution in [0.4, 0.5) is 0 Å². The van der Waals surface area contributed by atoms with Gasteiger partial charge >= 0.3 is 0 Å². The van der Waals surface area contributed by atoms with Gasteiger partial charge in [0.15, 0.2) is 0 Å². The highest BCUT2D eigenvalue weighted by atomic mass is 35.5. The minimum atomic E-state index is -0.333. The highest BCUT2D eigenvalue weighted by molar-refractivity contribution is 6.07. The number of nitrogens with zero attached hydrogens (tertiary/aromatic N) is 1. The molecule has 2 aromatic carbocycles. The summed E-state index contributed by atoms with van der Waals surface area (Å²) in [5.41, 5.74) is 6.68. The second kappa shape index (κ2) is 10.1. The maximum Gasteiger partial charge on any atom is 0.254 e. The average molecular weight is 418 g/mol. The van der Waals surface area contributed by atoms with Gasteiger partial charge < -0.3 is 16.0 Å². The normalized spacial score (nSPS) is 15.1. The van der Waals surface area contributed by atoms with E-state index in [2.05, 4.69) is 5.32 Å². The number of benzene rings is 2. The summed E-state index contributed by atoms with van der Waals surface area (Å²) in [6.07, 6.45) is 3.06. The summed E-state index contributed by atoms with van der Waals surface area (Å²) in [7, 11) is 0. The number of halogens is 1. The number of likely N-dealkylation sites (tertiary alicyclic amines) is 1. The van der Waals surface area contributed by atoms with Gasteiger partial charge in [0.2, 0.25) is 5.91 Å². The zero-order chi connectivity index (χ0) is 20.1. The van der Waals surface area contributed by atoms with Gasteiger partial charge in [0, 0.05) is 36.7 Å². The van der Waals surface area contributed by atoms with Crippen molar-refractivity contribution >= 4 is 35.0 Å². The minimum Gasteiger partial charge on any atom is -0.354 e. The predicted molar refractivity (Wildman–Crippen MR) is 120 cm³/mol. The number of carbonyl (C=O) groups is 2. The fourth-order valence-electron chi connectivity index (χ4n) is 3.83. The fourth-order valence-corrected chi connectivity index (χ4v) is 3.83. The molecule has 0 radical (unpaired) electrons. The number of hydrogen-bond acceptors (Lipinski definition) is 3. The second-order valence-corrected chi connectivity index (χ2v) is 7.88. The standard InChI is InChI=1S/C23H31N3O2.ClH/c1-3-23(24,4-2)16-25-21(27)18-12-14-26(15-13-18)22(28)20-11-7-9-17-8-5-6-10-19(17)20;/h5-11,18H,3-4,12-16,24H2,1-2H3,(H,25,27);1H. The topological polar surface area (TPSA) is 75.4 Å². The monoisotopic (exact) mass is 417 g/mol. The molecule has 3 N–H and O–H groups in total. The molecule has 6 heteroatoms. The van der Waals surface area contributed by atoms with E-state index in [1.165, 1.54) is 0 Å². The van der Waals surface area contributed by atoms with Crippen LogP contribution in [0.1, 0.15) is 49.9 Å². The van der Waals surface area contributed by atoms with Crippen molar-refractivity contribution in [1.29, 1.82) is 0 Å². The molecule has 3 rings (SSSR count). The van der Waals surface area contributed by atoms with E-state index in [1.807, 2.05) is 61.2 Å². The smallest absolute Gasteiger partial charge is 0.254 e. The molecule has 2 aromatic rings. The molecule has 0 spiro atoms. The lowest BCUT2D eigenvalue weighted by molar-refractivity contribution is -0.126. The van der Waals surface area contributed by atoms with Crippen molar-refractivity contribution in [3.8, 4) is 0 Å². The van der Waals surface area contributed by atoms with Crippen LogP contribution in [0, 0.1) is 5.92 Å². The number of nitrogens with two attached hydrogens (primary N) is 1. The average Bonchev–Trinajstić information content (AvgIpc) is 2.76. The number of carbonyl (C=O) groups excluding carboxylic acids is 2. The lowest BCUT2D eigenvalue weighted by atomic mass is 9.92. The molecule has 1 aliphatic heterocycles. The van der Waals surface area contributed by atoms with E-state index in [0.29, 0.717) is 32.5 Å². The molecule has 1 aliphatic rings. The molecule has 2 amide bonds. The van der Waals surface area contributed by atoms with Gasteiger partial charge in [-0.25, -0.2) is 0 Å². The summed E-state index contributed by atoms with van der Waals surface area (Å²) in [5.74, 6) is 0.0668. The summed E-state index contributed by atoms with van der Waals surface area (Å²) < 4.78 is 0. The van der Waals surface area contributed by atoms with Gasteiger partial charge in [0.25, 0.3) is 5.91 Å². The van der Waals surface area contributed by atoms with Crippen LogP contribution < -0.4 is 11.1 Å². The Morgan fingerprint density at radius 1 is 1.07 bits per heavy atom. The number of rotatable bonds is 6. The Kier molecular flexibility index (Phi) is 8.05. The van der Waals surface area contributed by atoms with Crippen LogP contribution in [-0.2, 0) is 4.79 Å². The zero-order valence-corrected chi connectivity index (χ0v) is 18.1. The highest BCUT2D eigenvalue weighted by Crippen LogP contribution is 2.24. The van der Waals surface area contributed by atoms with Crippen LogP contribution in [0.25, 0.3) is 10.8 Å². The highest BCUT2D eigenvalue weighted by Gasteiger charge is 2.29. The maximum absolute atomic E-state index is 13.0. The second-order valence-electron chi connectivity index (χ2n) is 7.88. The summed E-state index contributed by atoms with van der Waals surface area (Å²) >= 11 is 0. The first-order valence-electron chi connectivity index (χ1n) is 10.3. The molecule has 0 aliphatic carbocycles. The van der Waals surface area contributed by atoms with Gasteiger partial charge in [-0.1, -0.05) is 50.2 Å². The summed E-state index contributed by atoms with van der Waals surface area (Å²) in [4.78, 5) is 27.4. The summed E-state index contributed by atoms with van der Waals surface area (Å²) in [5, 5.41) is 5.08. The molecule has 5 nitrogen and oxygen atoms in total. The Bertz CT molecular complexity index is 838. The molecule has 0 bridgehead atoms. The van der Waals surface area contributed by atoms with E-state index in [4.69, 9.17) is 5.73 Å². The van der Waals surface area contributed by atoms with Crippen LogP contribution in [0.5, 0.6) is 0 Å². The van der Waals surface area contributed by atoms with Gasteiger partial charge in [-0.3, -0.25) is 9.59 Å². The molecule has 0 saturated carbocycles. The van der Waals surface area contributed by atoms with Crippen LogP contribution in [0.15, 0.2) is 42.5 Å². The van der Waals surface area contributed by atoms with Crippen LogP contribution in [-0.4, -0.2) is 41.9 Å². The van der Waals surface area contributed by atoms with Gasteiger partial charge in [-0.15, -0.1) is 12.4 Å². The first-order chi connectivity index (χ1) is 13.5. The third-order valence-corrected chi connectivity index (χ3v) is 6.20. The van der Waals surface area contributed by atoms with Gasteiger partial charge in [0.05, 0.1) is 0 Å². The van der Waals surface area contributed by atoms with Crippen LogP contribution >= 0.6 is 12.4 Å². The van der Waals surface area contributed by atoms with E-state index in [9.17, 15) is 9.59 Å². The Labute approximate surface area is 179 Å². The van der Waals surface area contributed by atoms with E-state index < -0.39 is 0 Å². The lowest BCUT2D eigenvalue weighted by Crippen LogP contribution is -2.51. The van der Waals surface area contributed by atoms with Crippen LogP contribution in [0.3, 0.4) is 0 Å². The molecule has 1 fully saturated rings. The third-order valence-electron chi connectivity index (χ3n) is 6.20. The number of fused-ring (bicyclic) bond motifs is 1. The molecular weight excluding hydrogens is 386 g/mol. The number of piperidine rings is 1. The van der Waals surface area contributed by atoms with E-state index in [1.54, 1.807) is 0 Å². The number of amides is 2. The quantitative estimate of drug-likeness (QED) is 0.751. The van der Waals surface area contributed by atoms with Gasteiger partial charge in [-0.2, -0.15) is 0 Å². The Hall–Kier alpha value is -2.11. The summed E-state index contributed by atoms with van der Waals surface area (Å²) in [6.45, 7) is 5.82. The zero-order valence-electron chi connectivity index (χ0n) is 17.3. The molecule has 1 saturated heterocycles. The van der Waals surface area contributed by atoms with Crippen LogP contribution in [0.2, 0.25) is 0 Å². The Morgan fingerprint density at radius 2 is 1.69 bits per heavy atom. The SMILES string of the molecule is CCC(N)(CC)CNC(=O)C1CCN(C(=O)c2cccc3ccccc23)CC1.Cl. The molecule has 158 valence electrons.